The third-order valence-corrected chi connectivity index (χ3v) is 5.63. The van der Waals surface area contributed by atoms with Crippen molar-refractivity contribution in [3.63, 3.8) is 0 Å². The van der Waals surface area contributed by atoms with Gasteiger partial charge in [-0.2, -0.15) is 5.26 Å². The summed E-state index contributed by atoms with van der Waals surface area (Å²) in [5.41, 5.74) is 1.39. The zero-order valence-corrected chi connectivity index (χ0v) is 16.5. The molecule has 0 fully saturated rings. The van der Waals surface area contributed by atoms with E-state index in [1.165, 1.54) is 24.3 Å². The number of nitriles is 1. The van der Waals surface area contributed by atoms with Crippen LogP contribution in [-0.2, 0) is 16.6 Å². The highest BCUT2D eigenvalue weighted by Crippen LogP contribution is 2.15. The minimum atomic E-state index is -3.68. The highest BCUT2D eigenvalue weighted by Gasteiger charge is 2.16. The van der Waals surface area contributed by atoms with Crippen molar-refractivity contribution in [3.8, 4) is 6.07 Å². The van der Waals surface area contributed by atoms with Crippen LogP contribution < -0.4 is 4.72 Å². The van der Waals surface area contributed by atoms with E-state index in [-0.39, 0.29) is 23.8 Å². The first kappa shape index (κ1) is 20.1. The molecule has 0 heterocycles. The third kappa shape index (κ3) is 5.39. The number of halogens is 1. The zero-order chi connectivity index (χ0) is 19.2. The fourth-order valence-electron chi connectivity index (χ4n) is 2.26. The van der Waals surface area contributed by atoms with Crippen molar-refractivity contribution in [2.45, 2.75) is 17.9 Å². The van der Waals surface area contributed by atoms with Gasteiger partial charge in [-0.15, -0.1) is 0 Å². The van der Waals surface area contributed by atoms with E-state index in [1.54, 1.807) is 11.9 Å². The van der Waals surface area contributed by atoms with Crippen molar-refractivity contribution in [1.29, 1.82) is 5.26 Å². The van der Waals surface area contributed by atoms with E-state index in [0.29, 0.717) is 12.1 Å². The van der Waals surface area contributed by atoms with Crippen LogP contribution in [0.25, 0.3) is 0 Å². The number of nitrogens with one attached hydrogen (secondary N) is 1. The van der Waals surface area contributed by atoms with Gasteiger partial charge in [-0.1, -0.05) is 28.1 Å². The molecule has 0 unspecified atom stereocenters. The van der Waals surface area contributed by atoms with Gasteiger partial charge >= 0.3 is 0 Å². The van der Waals surface area contributed by atoms with Crippen LogP contribution in [-0.4, -0.2) is 32.8 Å². The van der Waals surface area contributed by atoms with Crippen LogP contribution in [0.4, 0.5) is 0 Å². The molecule has 26 heavy (non-hydrogen) atoms. The predicted octanol–water partition coefficient (Wildman–Crippen LogP) is 2.91. The van der Waals surface area contributed by atoms with Crippen molar-refractivity contribution < 1.29 is 13.2 Å². The first-order chi connectivity index (χ1) is 12.3. The highest BCUT2D eigenvalue weighted by molar-refractivity contribution is 9.10. The lowest BCUT2D eigenvalue weighted by molar-refractivity contribution is 0.0785. The molecule has 0 spiro atoms. The number of amides is 1. The molecule has 2 rings (SSSR count). The Balaban J connectivity index is 2.05. The van der Waals surface area contributed by atoms with Crippen molar-refractivity contribution >= 4 is 31.9 Å². The summed E-state index contributed by atoms with van der Waals surface area (Å²) in [6.45, 7) is 0.497. The second kappa shape index (κ2) is 8.94. The fourth-order valence-corrected chi connectivity index (χ4v) is 3.55. The van der Waals surface area contributed by atoms with Gasteiger partial charge in [-0.05, 0) is 42.0 Å². The van der Waals surface area contributed by atoms with E-state index in [2.05, 4.69) is 20.7 Å². The van der Waals surface area contributed by atoms with E-state index >= 15 is 0 Å². The summed E-state index contributed by atoms with van der Waals surface area (Å²) in [6, 6.07) is 15.3. The van der Waals surface area contributed by atoms with Crippen LogP contribution >= 0.6 is 15.9 Å². The van der Waals surface area contributed by atoms with Gasteiger partial charge in [0.2, 0.25) is 10.0 Å². The van der Waals surface area contributed by atoms with Gasteiger partial charge in [0.15, 0.2) is 0 Å². The molecule has 136 valence electrons. The van der Waals surface area contributed by atoms with Gasteiger partial charge in [-0.3, -0.25) is 4.79 Å². The molecule has 2 aromatic carbocycles. The summed E-state index contributed by atoms with van der Waals surface area (Å²) in [6.07, 6.45) is 0.0939. The maximum absolute atomic E-state index is 12.5. The largest absolute Gasteiger partial charge is 0.337 e. The van der Waals surface area contributed by atoms with Crippen molar-refractivity contribution in [2.75, 3.05) is 13.6 Å². The molecule has 0 saturated carbocycles. The van der Waals surface area contributed by atoms with Crippen LogP contribution in [0.1, 0.15) is 22.3 Å². The Morgan fingerprint density at radius 1 is 1.15 bits per heavy atom. The summed E-state index contributed by atoms with van der Waals surface area (Å²) in [5, 5.41) is 8.47. The molecule has 1 amide bonds. The fraction of sp³-hybridized carbons (Fsp3) is 0.222. The van der Waals surface area contributed by atoms with Gasteiger partial charge in [0.05, 0.1) is 11.0 Å². The maximum Gasteiger partial charge on any atom is 0.253 e. The Morgan fingerprint density at radius 2 is 1.77 bits per heavy atom. The molecule has 0 aromatic heterocycles. The van der Waals surface area contributed by atoms with E-state index in [9.17, 15) is 13.2 Å². The lowest BCUT2D eigenvalue weighted by Crippen LogP contribution is -2.27. The second-order valence-electron chi connectivity index (χ2n) is 5.62. The van der Waals surface area contributed by atoms with Gasteiger partial charge in [-0.25, -0.2) is 13.1 Å². The van der Waals surface area contributed by atoms with Crippen LogP contribution in [0.2, 0.25) is 0 Å². The lowest BCUT2D eigenvalue weighted by Gasteiger charge is -2.17. The number of carbonyl (C=O) groups is 1. The Bertz CT molecular complexity index is 904. The molecular weight excluding hydrogens is 418 g/mol. The molecule has 0 saturated heterocycles. The molecule has 0 radical (unpaired) electrons. The highest BCUT2D eigenvalue weighted by atomic mass is 79.9. The van der Waals surface area contributed by atoms with Gasteiger partial charge in [0.1, 0.15) is 0 Å². The Labute approximate surface area is 161 Å². The molecule has 8 heteroatoms. The molecule has 0 aliphatic heterocycles. The van der Waals surface area contributed by atoms with Crippen LogP contribution in [0.15, 0.2) is 57.9 Å². The normalized spacial score (nSPS) is 11.0. The smallest absolute Gasteiger partial charge is 0.253 e. The van der Waals surface area contributed by atoms with Crippen LogP contribution in [0.3, 0.4) is 0 Å². The molecule has 0 bridgehead atoms. The Hall–Kier alpha value is -2.21. The summed E-state index contributed by atoms with van der Waals surface area (Å²) in [4.78, 5) is 14.1. The topological polar surface area (TPSA) is 90.3 Å². The first-order valence-electron chi connectivity index (χ1n) is 7.80. The predicted molar refractivity (Wildman–Crippen MR) is 102 cm³/mol. The van der Waals surface area contributed by atoms with Crippen LogP contribution in [0, 0.1) is 11.3 Å². The monoisotopic (exact) mass is 435 g/mol. The number of sulfonamides is 1. The molecule has 1 N–H and O–H groups in total. The number of nitrogens with zero attached hydrogens (tertiary/aromatic N) is 2. The SMILES string of the molecule is CN(Cc1ccc(Br)cc1)C(=O)c1ccc(S(=O)(=O)NCCC#N)cc1. The summed E-state index contributed by atoms with van der Waals surface area (Å²) < 4.78 is 27.4. The summed E-state index contributed by atoms with van der Waals surface area (Å²) >= 11 is 3.37. The van der Waals surface area contributed by atoms with Crippen LogP contribution in [0.5, 0.6) is 0 Å². The number of rotatable bonds is 7. The molecular formula is C18H18BrN3O3S. The number of carbonyl (C=O) groups excluding carboxylic acids is 1. The van der Waals surface area contributed by atoms with E-state index < -0.39 is 10.0 Å². The quantitative estimate of drug-likeness (QED) is 0.676. The Kier molecular flexibility index (Phi) is 6.91. The Morgan fingerprint density at radius 3 is 2.35 bits per heavy atom. The van der Waals surface area contributed by atoms with Gasteiger partial charge < -0.3 is 4.90 Å². The average Bonchev–Trinajstić information content (AvgIpc) is 2.63. The molecule has 0 aliphatic carbocycles. The number of hydrogen-bond acceptors (Lipinski definition) is 4. The van der Waals surface area contributed by atoms with Gasteiger partial charge in [0, 0.05) is 36.6 Å². The molecule has 0 aliphatic rings. The average molecular weight is 436 g/mol. The molecule has 0 atom stereocenters. The third-order valence-electron chi connectivity index (χ3n) is 3.62. The summed E-state index contributed by atoms with van der Waals surface area (Å²) in [7, 11) is -1.99. The number of benzene rings is 2. The van der Waals surface area contributed by atoms with Crippen molar-refractivity contribution in [3.05, 3.63) is 64.1 Å². The number of hydrogen-bond donors (Lipinski definition) is 1. The van der Waals surface area contributed by atoms with Gasteiger partial charge in [0.25, 0.3) is 5.91 Å². The lowest BCUT2D eigenvalue weighted by atomic mass is 10.1. The summed E-state index contributed by atoms with van der Waals surface area (Å²) in [5.74, 6) is -0.200. The van der Waals surface area contributed by atoms with E-state index in [4.69, 9.17) is 5.26 Å². The maximum atomic E-state index is 12.5. The molecule has 2 aromatic rings. The second-order valence-corrected chi connectivity index (χ2v) is 8.30. The van der Waals surface area contributed by atoms with Crippen molar-refractivity contribution in [1.82, 2.24) is 9.62 Å². The van der Waals surface area contributed by atoms with E-state index in [1.807, 2.05) is 30.3 Å². The van der Waals surface area contributed by atoms with Crippen molar-refractivity contribution in [2.24, 2.45) is 0 Å². The zero-order valence-electron chi connectivity index (χ0n) is 14.1. The molecule has 6 nitrogen and oxygen atoms in total. The standard InChI is InChI=1S/C18H18BrN3O3S/c1-22(13-14-3-7-16(19)8-4-14)18(23)15-5-9-17(10-6-15)26(24,25)21-12-2-11-20/h3-10,21H,2,12-13H2,1H3. The first-order valence-corrected chi connectivity index (χ1v) is 10.1. The minimum Gasteiger partial charge on any atom is -0.337 e. The minimum absolute atomic E-state index is 0.0510. The van der Waals surface area contributed by atoms with E-state index in [0.717, 1.165) is 10.0 Å².